The van der Waals surface area contributed by atoms with E-state index in [4.69, 9.17) is 0 Å². The van der Waals surface area contributed by atoms with E-state index in [2.05, 4.69) is 15.6 Å². The lowest BCUT2D eigenvalue weighted by molar-refractivity contribution is 0.520. The molecule has 6 nitrogen and oxygen atoms in total. The maximum Gasteiger partial charge on any atom is 0.242 e. The van der Waals surface area contributed by atoms with Gasteiger partial charge in [-0.2, -0.15) is 11.8 Å². The highest BCUT2D eigenvalue weighted by Crippen LogP contribution is 2.25. The summed E-state index contributed by atoms with van der Waals surface area (Å²) in [6, 6.07) is 6.90. The zero-order valence-electron chi connectivity index (χ0n) is 15.6. The third kappa shape index (κ3) is 6.90. The Balaban J connectivity index is 0.00000338. The molecular formula is C17H29IN4O2S2. The minimum atomic E-state index is -3.38. The minimum Gasteiger partial charge on any atom is -0.357 e. The van der Waals surface area contributed by atoms with Crippen molar-refractivity contribution in [1.29, 1.82) is 0 Å². The van der Waals surface area contributed by atoms with E-state index in [0.717, 1.165) is 24.6 Å². The van der Waals surface area contributed by atoms with Crippen LogP contribution in [-0.2, 0) is 16.6 Å². The molecule has 1 fully saturated rings. The fourth-order valence-electron chi connectivity index (χ4n) is 2.51. The van der Waals surface area contributed by atoms with Crippen molar-refractivity contribution in [2.75, 3.05) is 32.9 Å². The second-order valence-corrected chi connectivity index (χ2v) is 9.70. The van der Waals surface area contributed by atoms with Gasteiger partial charge in [-0.25, -0.2) is 17.7 Å². The molecule has 26 heavy (non-hydrogen) atoms. The highest BCUT2D eigenvalue weighted by Gasteiger charge is 2.17. The first-order valence-electron chi connectivity index (χ1n) is 8.58. The van der Waals surface area contributed by atoms with Crippen LogP contribution in [0.5, 0.6) is 0 Å². The van der Waals surface area contributed by atoms with Crippen molar-refractivity contribution in [3.8, 4) is 0 Å². The Kier molecular flexibility index (Phi) is 10.3. The fourth-order valence-corrected chi connectivity index (χ4v) is 4.61. The lowest BCUT2D eigenvalue weighted by Crippen LogP contribution is -2.40. The predicted molar refractivity (Wildman–Crippen MR) is 121 cm³/mol. The summed E-state index contributed by atoms with van der Waals surface area (Å²) in [5, 5.41) is 7.32. The molecule has 2 rings (SSSR count). The van der Waals surface area contributed by atoms with Crippen LogP contribution in [0.3, 0.4) is 0 Å². The average Bonchev–Trinajstić information content (AvgIpc) is 3.11. The molecule has 1 unspecified atom stereocenters. The number of thioether (sulfide) groups is 1. The number of aliphatic imine (C=N–C) groups is 1. The molecule has 0 radical (unpaired) electrons. The standard InChI is InChI=1S/C17H28N4O2S2.HI/c1-4-18-17(20-13-15-6-5-11-24-15)19-12-14-7-9-16(10-8-14)25(22,23)21(2)3;/h7-10,15H,4-6,11-13H2,1-3H3,(H2,18,19,20);1H. The molecule has 1 aliphatic rings. The van der Waals surface area contributed by atoms with Gasteiger partial charge in [0, 0.05) is 32.4 Å². The molecule has 1 aromatic rings. The van der Waals surface area contributed by atoms with Crippen LogP contribution in [0.15, 0.2) is 34.2 Å². The van der Waals surface area contributed by atoms with Crippen LogP contribution in [0.25, 0.3) is 0 Å². The van der Waals surface area contributed by atoms with Crippen LogP contribution in [0.4, 0.5) is 0 Å². The molecule has 2 N–H and O–H groups in total. The van der Waals surface area contributed by atoms with Crippen molar-refractivity contribution in [3.05, 3.63) is 29.8 Å². The zero-order chi connectivity index (χ0) is 18.3. The maximum absolute atomic E-state index is 12.1. The summed E-state index contributed by atoms with van der Waals surface area (Å²) >= 11 is 2.02. The lowest BCUT2D eigenvalue weighted by Gasteiger charge is -2.14. The topological polar surface area (TPSA) is 73.8 Å². The minimum absolute atomic E-state index is 0. The van der Waals surface area contributed by atoms with Gasteiger partial charge in [-0.15, -0.1) is 24.0 Å². The van der Waals surface area contributed by atoms with E-state index in [1.54, 1.807) is 12.1 Å². The summed E-state index contributed by atoms with van der Waals surface area (Å²) in [6.45, 7) is 4.29. The number of hydrogen-bond acceptors (Lipinski definition) is 4. The summed E-state index contributed by atoms with van der Waals surface area (Å²) in [7, 11) is -0.317. The van der Waals surface area contributed by atoms with E-state index < -0.39 is 10.0 Å². The smallest absolute Gasteiger partial charge is 0.242 e. The van der Waals surface area contributed by atoms with Crippen LogP contribution in [0.1, 0.15) is 25.3 Å². The number of guanidine groups is 1. The number of sulfonamides is 1. The zero-order valence-corrected chi connectivity index (χ0v) is 19.5. The first kappa shape index (κ1) is 23.5. The molecule has 0 aromatic heterocycles. The van der Waals surface area contributed by atoms with Crippen LogP contribution < -0.4 is 10.6 Å². The van der Waals surface area contributed by atoms with Crippen molar-refractivity contribution in [2.45, 2.75) is 36.5 Å². The Bertz CT molecular complexity index is 673. The number of halogens is 1. The molecule has 1 heterocycles. The highest BCUT2D eigenvalue weighted by molar-refractivity contribution is 14.0. The van der Waals surface area contributed by atoms with Gasteiger partial charge in [0.15, 0.2) is 5.96 Å². The molecular weight excluding hydrogens is 483 g/mol. The molecule has 1 aliphatic heterocycles. The Morgan fingerprint density at radius 3 is 2.50 bits per heavy atom. The van der Waals surface area contributed by atoms with Crippen molar-refractivity contribution < 1.29 is 8.42 Å². The van der Waals surface area contributed by atoms with Crippen molar-refractivity contribution >= 4 is 51.7 Å². The highest BCUT2D eigenvalue weighted by atomic mass is 127. The number of nitrogens with one attached hydrogen (secondary N) is 2. The van der Waals surface area contributed by atoms with Crippen molar-refractivity contribution in [3.63, 3.8) is 0 Å². The van der Waals surface area contributed by atoms with Gasteiger partial charge in [0.2, 0.25) is 10.0 Å². The van der Waals surface area contributed by atoms with Gasteiger partial charge < -0.3 is 10.6 Å². The summed E-state index contributed by atoms with van der Waals surface area (Å²) in [6.07, 6.45) is 2.56. The van der Waals surface area contributed by atoms with Crippen LogP contribution in [-0.4, -0.2) is 56.9 Å². The Morgan fingerprint density at radius 1 is 1.27 bits per heavy atom. The molecule has 1 aromatic carbocycles. The molecule has 0 saturated carbocycles. The summed E-state index contributed by atoms with van der Waals surface area (Å²) in [4.78, 5) is 4.90. The van der Waals surface area contributed by atoms with Gasteiger partial charge in [0.25, 0.3) is 0 Å². The van der Waals surface area contributed by atoms with E-state index in [0.29, 0.717) is 16.7 Å². The van der Waals surface area contributed by atoms with E-state index in [-0.39, 0.29) is 24.0 Å². The van der Waals surface area contributed by atoms with Gasteiger partial charge in [0.1, 0.15) is 0 Å². The second kappa shape index (κ2) is 11.4. The van der Waals surface area contributed by atoms with Gasteiger partial charge in [0.05, 0.1) is 11.4 Å². The molecule has 1 saturated heterocycles. The van der Waals surface area contributed by atoms with E-state index in [9.17, 15) is 8.42 Å². The fraction of sp³-hybridized carbons (Fsp3) is 0.588. The maximum atomic E-state index is 12.1. The summed E-state index contributed by atoms with van der Waals surface area (Å²) in [5.74, 6) is 2.06. The Hall–Kier alpha value is -0.520. The predicted octanol–water partition coefficient (Wildman–Crippen LogP) is 2.51. The Morgan fingerprint density at radius 2 is 1.96 bits per heavy atom. The Labute approximate surface area is 178 Å². The molecule has 0 spiro atoms. The molecule has 148 valence electrons. The number of benzene rings is 1. The first-order chi connectivity index (χ1) is 11.9. The molecule has 1 atom stereocenters. The van der Waals surface area contributed by atoms with E-state index in [1.807, 2.05) is 30.8 Å². The third-order valence-electron chi connectivity index (χ3n) is 3.99. The van der Waals surface area contributed by atoms with Gasteiger partial charge >= 0.3 is 0 Å². The second-order valence-electron chi connectivity index (χ2n) is 6.14. The molecule has 9 heteroatoms. The molecule has 0 amide bonds. The van der Waals surface area contributed by atoms with Gasteiger partial charge in [-0.3, -0.25) is 0 Å². The SMILES string of the molecule is CCNC(=NCc1ccc(S(=O)(=O)N(C)C)cc1)NCC1CCCS1.I. The summed E-state index contributed by atoms with van der Waals surface area (Å²) < 4.78 is 25.4. The average molecular weight is 512 g/mol. The molecule has 0 aliphatic carbocycles. The number of rotatable bonds is 7. The van der Waals surface area contributed by atoms with Gasteiger partial charge in [-0.1, -0.05) is 12.1 Å². The van der Waals surface area contributed by atoms with Crippen molar-refractivity contribution in [1.82, 2.24) is 14.9 Å². The number of nitrogens with zero attached hydrogens (tertiary/aromatic N) is 2. The van der Waals surface area contributed by atoms with Gasteiger partial charge in [-0.05, 0) is 43.2 Å². The van der Waals surface area contributed by atoms with E-state index in [1.165, 1.54) is 37.0 Å². The van der Waals surface area contributed by atoms with Crippen LogP contribution in [0, 0.1) is 0 Å². The first-order valence-corrected chi connectivity index (χ1v) is 11.1. The largest absolute Gasteiger partial charge is 0.357 e. The monoisotopic (exact) mass is 512 g/mol. The van der Waals surface area contributed by atoms with Crippen molar-refractivity contribution in [2.24, 2.45) is 4.99 Å². The third-order valence-corrected chi connectivity index (χ3v) is 7.21. The van der Waals surface area contributed by atoms with Crippen LogP contribution >= 0.6 is 35.7 Å². The lowest BCUT2D eigenvalue weighted by atomic mass is 10.2. The number of hydrogen-bond donors (Lipinski definition) is 2. The molecule has 0 bridgehead atoms. The normalized spacial score (nSPS) is 17.8. The summed E-state index contributed by atoms with van der Waals surface area (Å²) in [5.41, 5.74) is 0.977. The quantitative estimate of drug-likeness (QED) is 0.334. The van der Waals surface area contributed by atoms with Crippen LogP contribution in [0.2, 0.25) is 0 Å². The van der Waals surface area contributed by atoms with E-state index >= 15 is 0 Å².